The Hall–Kier alpha value is -2.05. The van der Waals surface area contributed by atoms with Crippen LogP contribution in [0.2, 0.25) is 0 Å². The Bertz CT molecular complexity index is 806. The Balaban J connectivity index is 1.97. The van der Waals surface area contributed by atoms with Gasteiger partial charge in [-0.15, -0.1) is 11.3 Å². The van der Waals surface area contributed by atoms with Gasteiger partial charge in [-0.2, -0.15) is 10.1 Å². The van der Waals surface area contributed by atoms with Crippen molar-refractivity contribution in [1.82, 2.24) is 4.98 Å². The van der Waals surface area contributed by atoms with Crippen LogP contribution in [0.25, 0.3) is 10.2 Å². The lowest BCUT2D eigenvalue weighted by Crippen LogP contribution is -2.22. The molecule has 0 aliphatic carbocycles. The largest absolute Gasteiger partial charge is 0.273 e. The number of anilines is 1. The van der Waals surface area contributed by atoms with Gasteiger partial charge in [0.1, 0.15) is 0 Å². The molecule has 0 saturated carbocycles. The predicted molar refractivity (Wildman–Crippen MR) is 89.4 cm³/mol. The van der Waals surface area contributed by atoms with E-state index < -0.39 is 0 Å². The molecule has 4 nitrogen and oxygen atoms in total. The molecule has 1 aromatic carbocycles. The Morgan fingerprint density at radius 1 is 1.38 bits per heavy atom. The fourth-order valence-corrected chi connectivity index (χ4v) is 3.50. The smallest absolute Gasteiger partial charge is 0.246 e. The maximum atomic E-state index is 11.8. The molecule has 21 heavy (non-hydrogen) atoms. The highest BCUT2D eigenvalue weighted by molar-refractivity contribution is 7.22. The van der Waals surface area contributed by atoms with E-state index in [1.165, 1.54) is 28.8 Å². The van der Waals surface area contributed by atoms with Gasteiger partial charge in [-0.05, 0) is 36.1 Å². The molecule has 0 unspecified atom stereocenters. The number of fused-ring (bicyclic) bond motifs is 1. The third-order valence-electron chi connectivity index (χ3n) is 2.86. The standard InChI is InChI=1S/C15H13N3OS2/c1-10-5-6-13-14(8-10)21-15(17-13)18(11(2)19)16-9-12-4-3-7-20-12/h3-9H,1-2H3/b16-9-. The van der Waals surface area contributed by atoms with Gasteiger partial charge in [0.25, 0.3) is 0 Å². The first-order valence-corrected chi connectivity index (χ1v) is 8.08. The maximum Gasteiger partial charge on any atom is 0.246 e. The topological polar surface area (TPSA) is 45.6 Å². The fraction of sp³-hybridized carbons (Fsp3) is 0.133. The van der Waals surface area contributed by atoms with Gasteiger partial charge in [0.2, 0.25) is 11.0 Å². The number of rotatable bonds is 3. The van der Waals surface area contributed by atoms with E-state index in [4.69, 9.17) is 0 Å². The van der Waals surface area contributed by atoms with Crippen molar-refractivity contribution in [3.8, 4) is 0 Å². The van der Waals surface area contributed by atoms with Crippen molar-refractivity contribution < 1.29 is 4.79 Å². The van der Waals surface area contributed by atoms with Gasteiger partial charge in [-0.1, -0.05) is 23.5 Å². The monoisotopic (exact) mass is 315 g/mol. The van der Waals surface area contributed by atoms with Crippen LogP contribution < -0.4 is 5.01 Å². The summed E-state index contributed by atoms with van der Waals surface area (Å²) in [6.45, 7) is 3.53. The summed E-state index contributed by atoms with van der Waals surface area (Å²) in [5, 5.41) is 8.18. The molecule has 0 spiro atoms. The summed E-state index contributed by atoms with van der Waals surface area (Å²) in [7, 11) is 0. The van der Waals surface area contributed by atoms with Crippen molar-refractivity contribution in [3.05, 3.63) is 46.2 Å². The third kappa shape index (κ3) is 3.01. The lowest BCUT2D eigenvalue weighted by atomic mass is 10.2. The molecule has 1 amide bonds. The van der Waals surface area contributed by atoms with Gasteiger partial charge >= 0.3 is 0 Å². The average Bonchev–Trinajstić information content (AvgIpc) is 3.07. The molecule has 0 aliphatic heterocycles. The van der Waals surface area contributed by atoms with Crippen molar-refractivity contribution >= 4 is 50.1 Å². The molecule has 0 bridgehead atoms. The van der Waals surface area contributed by atoms with E-state index in [1.807, 2.05) is 36.6 Å². The number of aryl methyl sites for hydroxylation is 1. The van der Waals surface area contributed by atoms with Crippen molar-refractivity contribution in [3.63, 3.8) is 0 Å². The van der Waals surface area contributed by atoms with Gasteiger partial charge in [-0.25, -0.2) is 4.98 Å². The normalized spacial score (nSPS) is 11.3. The first-order chi connectivity index (χ1) is 10.1. The number of hydrazone groups is 1. The second-order valence-electron chi connectivity index (χ2n) is 4.56. The molecule has 0 aliphatic rings. The highest BCUT2D eigenvalue weighted by Crippen LogP contribution is 2.29. The number of amides is 1. The number of benzene rings is 1. The molecular formula is C15H13N3OS2. The number of hydrogen-bond donors (Lipinski definition) is 0. The molecule has 2 aromatic heterocycles. The van der Waals surface area contributed by atoms with Crippen LogP contribution in [0.4, 0.5) is 5.13 Å². The third-order valence-corrected chi connectivity index (χ3v) is 4.66. The number of nitrogens with zero attached hydrogens (tertiary/aromatic N) is 3. The zero-order valence-electron chi connectivity index (χ0n) is 11.6. The summed E-state index contributed by atoms with van der Waals surface area (Å²) in [6.07, 6.45) is 1.68. The molecule has 2 heterocycles. The number of thiophene rings is 1. The summed E-state index contributed by atoms with van der Waals surface area (Å²) in [4.78, 5) is 17.3. The van der Waals surface area contributed by atoms with Gasteiger partial charge in [-0.3, -0.25) is 4.79 Å². The predicted octanol–water partition coefficient (Wildman–Crippen LogP) is 4.05. The van der Waals surface area contributed by atoms with E-state index in [0.29, 0.717) is 5.13 Å². The second kappa shape index (κ2) is 5.75. The molecular weight excluding hydrogens is 302 g/mol. The van der Waals surface area contributed by atoms with E-state index in [1.54, 1.807) is 17.6 Å². The Labute approximate surface area is 130 Å². The molecule has 0 saturated heterocycles. The summed E-state index contributed by atoms with van der Waals surface area (Å²) in [5.74, 6) is -0.154. The van der Waals surface area contributed by atoms with Crippen LogP contribution in [0.1, 0.15) is 17.4 Å². The molecule has 6 heteroatoms. The molecule has 3 rings (SSSR count). The summed E-state index contributed by atoms with van der Waals surface area (Å²) >= 11 is 3.04. The second-order valence-corrected chi connectivity index (χ2v) is 6.55. The van der Waals surface area contributed by atoms with Crippen LogP contribution in [0.5, 0.6) is 0 Å². The van der Waals surface area contributed by atoms with Crippen LogP contribution >= 0.6 is 22.7 Å². The van der Waals surface area contributed by atoms with Gasteiger partial charge < -0.3 is 0 Å². The molecule has 0 radical (unpaired) electrons. The minimum absolute atomic E-state index is 0.154. The Morgan fingerprint density at radius 3 is 2.95 bits per heavy atom. The number of carbonyl (C=O) groups excluding carboxylic acids is 1. The van der Waals surface area contributed by atoms with Gasteiger partial charge in [0.05, 0.1) is 16.4 Å². The lowest BCUT2D eigenvalue weighted by molar-refractivity contribution is -0.116. The van der Waals surface area contributed by atoms with Crippen molar-refractivity contribution in [2.75, 3.05) is 5.01 Å². The molecule has 0 N–H and O–H groups in total. The lowest BCUT2D eigenvalue weighted by Gasteiger charge is -2.09. The highest BCUT2D eigenvalue weighted by atomic mass is 32.1. The van der Waals surface area contributed by atoms with E-state index in [2.05, 4.69) is 16.2 Å². The van der Waals surface area contributed by atoms with E-state index in [0.717, 1.165) is 15.1 Å². The minimum Gasteiger partial charge on any atom is -0.273 e. The SMILES string of the molecule is CC(=O)N(/N=C\c1cccs1)c1nc2ccc(C)cc2s1. The zero-order valence-corrected chi connectivity index (χ0v) is 13.2. The Kier molecular flexibility index (Phi) is 3.81. The Morgan fingerprint density at radius 2 is 2.24 bits per heavy atom. The number of hydrogen-bond acceptors (Lipinski definition) is 5. The van der Waals surface area contributed by atoms with Crippen LogP contribution in [0.3, 0.4) is 0 Å². The van der Waals surface area contributed by atoms with Gasteiger partial charge in [0.15, 0.2) is 0 Å². The number of aromatic nitrogens is 1. The zero-order chi connectivity index (χ0) is 14.8. The first-order valence-electron chi connectivity index (χ1n) is 6.39. The number of thiazole rings is 1. The van der Waals surface area contributed by atoms with E-state index in [-0.39, 0.29) is 5.91 Å². The molecule has 3 aromatic rings. The van der Waals surface area contributed by atoms with Crippen molar-refractivity contribution in [2.45, 2.75) is 13.8 Å². The van der Waals surface area contributed by atoms with Crippen LogP contribution in [0.15, 0.2) is 40.8 Å². The first kappa shape index (κ1) is 13.9. The van der Waals surface area contributed by atoms with Crippen molar-refractivity contribution in [2.24, 2.45) is 5.10 Å². The van der Waals surface area contributed by atoms with E-state index >= 15 is 0 Å². The maximum absolute atomic E-state index is 11.8. The number of carbonyl (C=O) groups is 1. The summed E-state index contributed by atoms with van der Waals surface area (Å²) < 4.78 is 1.06. The molecule has 0 fully saturated rings. The quantitative estimate of drug-likeness (QED) is 0.540. The average molecular weight is 315 g/mol. The van der Waals surface area contributed by atoms with Crippen LogP contribution in [-0.2, 0) is 4.79 Å². The van der Waals surface area contributed by atoms with Gasteiger partial charge in [0, 0.05) is 11.8 Å². The van der Waals surface area contributed by atoms with E-state index in [9.17, 15) is 4.79 Å². The summed E-state index contributed by atoms with van der Waals surface area (Å²) in [5.41, 5.74) is 2.06. The minimum atomic E-state index is -0.154. The van der Waals surface area contributed by atoms with Crippen molar-refractivity contribution in [1.29, 1.82) is 0 Å². The fourth-order valence-electron chi connectivity index (χ4n) is 1.86. The summed E-state index contributed by atoms with van der Waals surface area (Å²) in [6, 6.07) is 9.95. The highest BCUT2D eigenvalue weighted by Gasteiger charge is 2.15. The van der Waals surface area contributed by atoms with Crippen LogP contribution in [-0.4, -0.2) is 17.1 Å². The van der Waals surface area contributed by atoms with Crippen LogP contribution in [0, 0.1) is 6.92 Å². The molecule has 0 atom stereocenters. The molecule has 106 valence electrons.